The molecule has 6 nitrogen and oxygen atoms in total. The van der Waals surface area contributed by atoms with Crippen LogP contribution in [0.3, 0.4) is 0 Å². The summed E-state index contributed by atoms with van der Waals surface area (Å²) in [5.74, 6) is 1.82. The first-order valence-electron chi connectivity index (χ1n) is 25.4. The zero-order valence-electron chi connectivity index (χ0n) is 42.3. The summed E-state index contributed by atoms with van der Waals surface area (Å²) in [6.07, 6.45) is 3.94. The number of aryl methyl sites for hydroxylation is 6. The lowest BCUT2D eigenvalue weighted by atomic mass is 9.93. The topological polar surface area (TPSA) is 61.4 Å². The van der Waals surface area contributed by atoms with Gasteiger partial charge in [-0.3, -0.25) is 4.98 Å². The highest BCUT2D eigenvalue weighted by molar-refractivity contribution is 6.13. The van der Waals surface area contributed by atoms with E-state index in [2.05, 4.69) is 208 Å². The van der Waals surface area contributed by atoms with E-state index in [1.54, 1.807) is 0 Å². The van der Waals surface area contributed by atoms with Gasteiger partial charge in [0.1, 0.15) is 0 Å². The van der Waals surface area contributed by atoms with E-state index in [-0.39, 0.29) is 0 Å². The van der Waals surface area contributed by atoms with Crippen molar-refractivity contribution in [2.24, 2.45) is 0 Å². The molecule has 0 aliphatic carbocycles. The number of para-hydroxylation sites is 2. The van der Waals surface area contributed by atoms with E-state index in [1.807, 2.05) is 48.8 Å². The predicted molar refractivity (Wildman–Crippen MR) is 307 cm³/mol. The summed E-state index contributed by atoms with van der Waals surface area (Å²) >= 11 is 0. The van der Waals surface area contributed by atoms with Crippen LogP contribution in [0.1, 0.15) is 33.4 Å². The number of fused-ring (bicyclic) bond motifs is 6. The normalized spacial score (nSPS) is 11.6. The molecule has 4 aromatic heterocycles. The molecule has 13 rings (SSSR count). The molecule has 0 atom stereocenters. The molecule has 0 amide bonds. The number of hydrogen-bond acceptors (Lipinski definition) is 4. The van der Waals surface area contributed by atoms with Crippen LogP contribution in [-0.4, -0.2) is 29.1 Å². The largest absolute Gasteiger partial charge is 0.309 e. The smallest absolute Gasteiger partial charge is 0.164 e. The third kappa shape index (κ3) is 7.49. The van der Waals surface area contributed by atoms with Crippen LogP contribution in [0, 0.1) is 41.5 Å². The van der Waals surface area contributed by atoms with Gasteiger partial charge in [-0.2, -0.15) is 0 Å². The first-order valence-corrected chi connectivity index (χ1v) is 25.4. The van der Waals surface area contributed by atoms with Gasteiger partial charge in [0.05, 0.1) is 39.6 Å². The Labute approximate surface area is 431 Å². The molecule has 74 heavy (non-hydrogen) atoms. The number of pyridine rings is 1. The Bertz CT molecular complexity index is 4270. The SMILES string of the molecule is Cc1cc(C)c(-c2ccc3c(c2)c2ccccc2n3-c2cnccc2-c2ccc(-c3nc(-c4ccccc4)nc(-c4ccccc4)n3)cc2-n2c3ccccc3c3cc(-c4c(C)cc(C)cc4C)ccc32)c(C)c1. The van der Waals surface area contributed by atoms with E-state index in [0.717, 1.165) is 61.3 Å². The highest BCUT2D eigenvalue weighted by Gasteiger charge is 2.24. The average molecular weight is 953 g/mol. The van der Waals surface area contributed by atoms with Gasteiger partial charge in [0, 0.05) is 55.6 Å². The van der Waals surface area contributed by atoms with Crippen LogP contribution in [0.2, 0.25) is 0 Å². The second-order valence-electron chi connectivity index (χ2n) is 19.9. The van der Waals surface area contributed by atoms with Gasteiger partial charge in [-0.25, -0.2) is 15.0 Å². The summed E-state index contributed by atoms with van der Waals surface area (Å²) < 4.78 is 4.84. The van der Waals surface area contributed by atoms with E-state index in [9.17, 15) is 0 Å². The molecule has 0 radical (unpaired) electrons. The van der Waals surface area contributed by atoms with Crippen LogP contribution in [-0.2, 0) is 0 Å². The van der Waals surface area contributed by atoms with Gasteiger partial charge in [0.25, 0.3) is 0 Å². The van der Waals surface area contributed by atoms with E-state index in [1.165, 1.54) is 77.2 Å². The van der Waals surface area contributed by atoms with Crippen LogP contribution >= 0.6 is 0 Å². The molecule has 13 aromatic rings. The van der Waals surface area contributed by atoms with E-state index < -0.39 is 0 Å². The standard InChI is InChI=1S/C68H52N6/c1-41-33-43(3)64(44(4)34-41)49-26-29-60-56(37-49)52-21-13-15-23-58(52)73(60)62-39-51(68-71-66(47-17-9-7-10-18-47)70-67(72-68)48-19-11-8-12-20-48)25-28-54(62)55-31-32-69-40-63(55)74-59-24-16-14-22-53(59)57-38-50(27-30-61(57)74)65-45(5)35-42(2)36-46(65)6/h7-40H,1-6H3. The lowest BCUT2D eigenvalue weighted by Crippen LogP contribution is -2.04. The van der Waals surface area contributed by atoms with E-state index in [0.29, 0.717) is 17.5 Å². The first-order chi connectivity index (χ1) is 36.2. The number of rotatable bonds is 8. The van der Waals surface area contributed by atoms with Crippen LogP contribution in [0.15, 0.2) is 207 Å². The minimum absolute atomic E-state index is 0.589. The minimum atomic E-state index is 0.589. The Hall–Kier alpha value is -9.26. The minimum Gasteiger partial charge on any atom is -0.309 e. The summed E-state index contributed by atoms with van der Waals surface area (Å²) in [4.78, 5) is 20.4. The summed E-state index contributed by atoms with van der Waals surface area (Å²) in [6, 6.07) is 69.8. The molecule has 0 bridgehead atoms. The first kappa shape index (κ1) is 44.7. The van der Waals surface area contributed by atoms with Crippen LogP contribution in [0.4, 0.5) is 0 Å². The zero-order valence-corrected chi connectivity index (χ0v) is 42.3. The molecule has 9 aromatic carbocycles. The molecule has 6 heteroatoms. The quantitative estimate of drug-likeness (QED) is 0.152. The Balaban J connectivity index is 1.08. The number of aromatic nitrogens is 6. The van der Waals surface area contributed by atoms with Crippen molar-refractivity contribution >= 4 is 43.6 Å². The van der Waals surface area contributed by atoms with Crippen molar-refractivity contribution < 1.29 is 0 Å². The van der Waals surface area contributed by atoms with Crippen molar-refractivity contribution in [1.82, 2.24) is 29.1 Å². The summed E-state index contributed by atoms with van der Waals surface area (Å²) in [7, 11) is 0. The Morgan fingerprint density at radius 3 is 1.22 bits per heavy atom. The lowest BCUT2D eigenvalue weighted by molar-refractivity contribution is 1.07. The van der Waals surface area contributed by atoms with E-state index >= 15 is 0 Å². The van der Waals surface area contributed by atoms with E-state index in [4.69, 9.17) is 19.9 Å². The van der Waals surface area contributed by atoms with Gasteiger partial charge < -0.3 is 9.13 Å². The molecule has 0 unspecified atom stereocenters. The number of hydrogen-bond donors (Lipinski definition) is 0. The van der Waals surface area contributed by atoms with Gasteiger partial charge >= 0.3 is 0 Å². The fraction of sp³-hybridized carbons (Fsp3) is 0.0882. The third-order valence-electron chi connectivity index (χ3n) is 14.8. The summed E-state index contributed by atoms with van der Waals surface area (Å²) in [5.41, 5.74) is 23.8. The van der Waals surface area contributed by atoms with Crippen molar-refractivity contribution in [3.63, 3.8) is 0 Å². The number of nitrogens with zero attached hydrogens (tertiary/aromatic N) is 6. The molecule has 0 saturated heterocycles. The summed E-state index contributed by atoms with van der Waals surface area (Å²) in [5, 5.41) is 4.73. The van der Waals surface area contributed by atoms with Gasteiger partial charge in [-0.15, -0.1) is 0 Å². The third-order valence-corrected chi connectivity index (χ3v) is 14.8. The van der Waals surface area contributed by atoms with Crippen molar-refractivity contribution in [3.8, 4) is 78.9 Å². The Morgan fingerprint density at radius 2 is 0.716 bits per heavy atom. The fourth-order valence-corrected chi connectivity index (χ4v) is 11.9. The fourth-order valence-electron chi connectivity index (χ4n) is 11.9. The second-order valence-corrected chi connectivity index (χ2v) is 19.9. The average Bonchev–Trinajstić information content (AvgIpc) is 3.93. The maximum Gasteiger partial charge on any atom is 0.164 e. The van der Waals surface area contributed by atoms with Gasteiger partial charge in [-0.05, 0) is 135 Å². The zero-order chi connectivity index (χ0) is 50.2. The lowest BCUT2D eigenvalue weighted by Gasteiger charge is -2.19. The Kier molecular flexibility index (Phi) is 10.7. The van der Waals surface area contributed by atoms with Crippen molar-refractivity contribution in [2.45, 2.75) is 41.5 Å². The molecule has 0 aliphatic heterocycles. The molecular weight excluding hydrogens is 901 g/mol. The molecule has 0 aliphatic rings. The molecule has 0 spiro atoms. The molecule has 0 N–H and O–H groups in total. The highest BCUT2D eigenvalue weighted by Crippen LogP contribution is 2.44. The van der Waals surface area contributed by atoms with Crippen molar-refractivity contribution in [2.75, 3.05) is 0 Å². The molecule has 0 fully saturated rings. The van der Waals surface area contributed by atoms with Crippen molar-refractivity contribution in [3.05, 3.63) is 240 Å². The maximum atomic E-state index is 5.24. The number of benzene rings is 9. The second kappa shape index (κ2) is 17.8. The Morgan fingerprint density at radius 1 is 0.311 bits per heavy atom. The molecule has 4 heterocycles. The molecule has 0 saturated carbocycles. The monoisotopic (exact) mass is 952 g/mol. The van der Waals surface area contributed by atoms with Gasteiger partial charge in [0.2, 0.25) is 0 Å². The van der Waals surface area contributed by atoms with Crippen molar-refractivity contribution in [1.29, 1.82) is 0 Å². The van der Waals surface area contributed by atoms with Crippen LogP contribution in [0.5, 0.6) is 0 Å². The molecular formula is C68H52N6. The molecule has 354 valence electrons. The highest BCUT2D eigenvalue weighted by atomic mass is 15.0. The van der Waals surface area contributed by atoms with Gasteiger partial charge in [0.15, 0.2) is 17.5 Å². The maximum absolute atomic E-state index is 5.24. The van der Waals surface area contributed by atoms with Gasteiger partial charge in [-0.1, -0.05) is 157 Å². The summed E-state index contributed by atoms with van der Waals surface area (Å²) in [6.45, 7) is 13.2. The van der Waals surface area contributed by atoms with Crippen LogP contribution < -0.4 is 0 Å². The van der Waals surface area contributed by atoms with Crippen LogP contribution in [0.25, 0.3) is 123 Å². The predicted octanol–water partition coefficient (Wildman–Crippen LogP) is 17.3.